The fraction of sp³-hybridized carbons (Fsp3) is 0.292. The summed E-state index contributed by atoms with van der Waals surface area (Å²) in [5.41, 5.74) is 8.26. The van der Waals surface area contributed by atoms with Crippen LogP contribution in [0.1, 0.15) is 18.4 Å². The van der Waals surface area contributed by atoms with Gasteiger partial charge in [0.05, 0.1) is 23.9 Å². The van der Waals surface area contributed by atoms with E-state index in [0.717, 1.165) is 6.07 Å². The Morgan fingerprint density at radius 1 is 1.12 bits per heavy atom. The number of rotatable bonds is 4. The quantitative estimate of drug-likeness (QED) is 0.606. The molecule has 1 aliphatic heterocycles. The largest absolute Gasteiger partial charge is 0.494 e. The number of benzene rings is 2. The first-order chi connectivity index (χ1) is 15.8. The van der Waals surface area contributed by atoms with E-state index < -0.39 is 17.2 Å². The van der Waals surface area contributed by atoms with E-state index in [1.807, 2.05) is 4.90 Å². The van der Waals surface area contributed by atoms with E-state index >= 15 is 0 Å². The predicted octanol–water partition coefficient (Wildman–Crippen LogP) is 3.52. The van der Waals surface area contributed by atoms with Gasteiger partial charge in [0, 0.05) is 31.7 Å². The van der Waals surface area contributed by atoms with Crippen LogP contribution in [0.3, 0.4) is 0 Å². The minimum atomic E-state index is -0.735. The van der Waals surface area contributed by atoms with Gasteiger partial charge in [0.1, 0.15) is 11.9 Å². The highest BCUT2D eigenvalue weighted by Gasteiger charge is 2.25. The molecule has 1 aliphatic rings. The van der Waals surface area contributed by atoms with Crippen molar-refractivity contribution in [2.24, 2.45) is 7.05 Å². The number of ether oxygens (including phenoxy) is 1. The lowest BCUT2D eigenvalue weighted by atomic mass is 9.99. The molecule has 0 unspecified atom stereocenters. The third-order valence-corrected chi connectivity index (χ3v) is 5.85. The van der Waals surface area contributed by atoms with Crippen LogP contribution < -0.4 is 20.9 Å². The average Bonchev–Trinajstić information content (AvgIpc) is 2.81. The molecule has 2 aromatic carbocycles. The molecule has 1 radical (unpaired) electrons. The van der Waals surface area contributed by atoms with Gasteiger partial charge < -0.3 is 9.64 Å². The highest BCUT2D eigenvalue weighted by atomic mass is 19.1. The van der Waals surface area contributed by atoms with Gasteiger partial charge in [-0.3, -0.25) is 15.1 Å². The zero-order chi connectivity index (χ0) is 23.7. The zero-order valence-electron chi connectivity index (χ0n) is 18.2. The number of methoxy groups -OCH3 is 1. The fourth-order valence-corrected chi connectivity index (χ4v) is 4.00. The van der Waals surface area contributed by atoms with E-state index in [-0.39, 0.29) is 34.2 Å². The normalized spacial score (nSPS) is 14.2. The minimum absolute atomic E-state index is 0.0318. The Bertz CT molecular complexity index is 1310. The van der Waals surface area contributed by atoms with Crippen LogP contribution in [-0.4, -0.2) is 35.8 Å². The third-order valence-electron chi connectivity index (χ3n) is 5.85. The molecular formula is C24H22F2N5O2. The second-order valence-electron chi connectivity index (χ2n) is 7.92. The van der Waals surface area contributed by atoms with Crippen LogP contribution >= 0.6 is 0 Å². The maximum atomic E-state index is 14.5. The summed E-state index contributed by atoms with van der Waals surface area (Å²) in [6.45, 7) is 1.12. The number of nitrogens with one attached hydrogen (secondary N) is 1. The SMILES string of the molecule is COc1ccc(-c2c(-c3ccc(C#N)c(F)c3)nc(N3CCC([NH])CC3)n(C)c2=O)cc1F. The molecule has 9 heteroatoms. The summed E-state index contributed by atoms with van der Waals surface area (Å²) < 4.78 is 35.3. The maximum absolute atomic E-state index is 14.5. The smallest absolute Gasteiger partial charge is 0.263 e. The van der Waals surface area contributed by atoms with E-state index in [1.54, 1.807) is 19.2 Å². The molecule has 3 aromatic rings. The molecule has 0 atom stereocenters. The molecule has 7 nitrogen and oxygen atoms in total. The lowest BCUT2D eigenvalue weighted by Gasteiger charge is -2.32. The Morgan fingerprint density at radius 3 is 2.39 bits per heavy atom. The lowest BCUT2D eigenvalue weighted by molar-refractivity contribution is 0.386. The molecule has 0 saturated carbocycles. The lowest BCUT2D eigenvalue weighted by Crippen LogP contribution is -2.40. The van der Waals surface area contributed by atoms with E-state index in [0.29, 0.717) is 37.4 Å². The van der Waals surface area contributed by atoms with E-state index in [2.05, 4.69) is 0 Å². The molecule has 4 rings (SSSR count). The van der Waals surface area contributed by atoms with Crippen LogP contribution in [-0.2, 0) is 7.05 Å². The van der Waals surface area contributed by atoms with Crippen molar-refractivity contribution >= 4 is 5.95 Å². The number of nitriles is 1. The van der Waals surface area contributed by atoms with Gasteiger partial charge in [0.15, 0.2) is 11.6 Å². The predicted molar refractivity (Wildman–Crippen MR) is 120 cm³/mol. The maximum Gasteiger partial charge on any atom is 0.263 e. The first-order valence-electron chi connectivity index (χ1n) is 10.4. The van der Waals surface area contributed by atoms with Gasteiger partial charge in [-0.15, -0.1) is 0 Å². The molecule has 2 heterocycles. The van der Waals surface area contributed by atoms with Gasteiger partial charge in [0.25, 0.3) is 5.56 Å². The van der Waals surface area contributed by atoms with E-state index in [4.69, 9.17) is 20.7 Å². The summed E-state index contributed by atoms with van der Waals surface area (Å²) >= 11 is 0. The van der Waals surface area contributed by atoms with Crippen LogP contribution in [0.2, 0.25) is 0 Å². The first-order valence-corrected chi connectivity index (χ1v) is 10.4. The fourth-order valence-electron chi connectivity index (χ4n) is 4.00. The van der Waals surface area contributed by atoms with E-state index in [9.17, 15) is 13.6 Å². The van der Waals surface area contributed by atoms with Gasteiger partial charge in [-0.2, -0.15) is 5.26 Å². The van der Waals surface area contributed by atoms with Crippen LogP contribution in [0.4, 0.5) is 14.7 Å². The van der Waals surface area contributed by atoms with Crippen molar-refractivity contribution in [3.63, 3.8) is 0 Å². The number of aromatic nitrogens is 2. The Kier molecular flexibility index (Phi) is 6.11. The number of hydrogen-bond donors (Lipinski definition) is 0. The molecule has 1 aromatic heterocycles. The van der Waals surface area contributed by atoms with Gasteiger partial charge >= 0.3 is 0 Å². The van der Waals surface area contributed by atoms with Crippen molar-refractivity contribution in [3.05, 3.63) is 63.9 Å². The average molecular weight is 450 g/mol. The van der Waals surface area contributed by atoms with Crippen molar-refractivity contribution in [2.75, 3.05) is 25.1 Å². The zero-order valence-corrected chi connectivity index (χ0v) is 18.2. The van der Waals surface area contributed by atoms with Crippen molar-refractivity contribution in [3.8, 4) is 34.2 Å². The summed E-state index contributed by atoms with van der Waals surface area (Å²) in [6, 6.07) is 9.77. The Labute approximate surface area is 189 Å². The molecule has 1 saturated heterocycles. The summed E-state index contributed by atoms with van der Waals surface area (Å²) in [6.07, 6.45) is 1.28. The van der Waals surface area contributed by atoms with E-state index in [1.165, 1.54) is 35.9 Å². The number of piperidine rings is 1. The number of nitrogens with zero attached hydrogens (tertiary/aromatic N) is 4. The van der Waals surface area contributed by atoms with Gasteiger partial charge in [-0.25, -0.2) is 13.8 Å². The third kappa shape index (κ3) is 4.17. The molecule has 33 heavy (non-hydrogen) atoms. The Balaban J connectivity index is 1.96. The second-order valence-corrected chi connectivity index (χ2v) is 7.92. The summed E-state index contributed by atoms with van der Waals surface area (Å²) in [7, 11) is 2.93. The van der Waals surface area contributed by atoms with Crippen LogP contribution in [0.15, 0.2) is 41.2 Å². The van der Waals surface area contributed by atoms with Gasteiger partial charge in [-0.05, 0) is 42.7 Å². The van der Waals surface area contributed by atoms with Crippen molar-refractivity contribution < 1.29 is 13.5 Å². The molecule has 169 valence electrons. The monoisotopic (exact) mass is 450 g/mol. The highest BCUT2D eigenvalue weighted by Crippen LogP contribution is 2.33. The summed E-state index contributed by atoms with van der Waals surface area (Å²) in [4.78, 5) is 20.2. The molecule has 1 N–H and O–H groups in total. The minimum Gasteiger partial charge on any atom is -0.494 e. The summed E-state index contributed by atoms with van der Waals surface area (Å²) in [5.74, 6) is -0.953. The molecular weight excluding hydrogens is 428 g/mol. The topological polar surface area (TPSA) is 94.9 Å². The van der Waals surface area contributed by atoms with Crippen molar-refractivity contribution in [2.45, 2.75) is 18.9 Å². The second kappa shape index (κ2) is 9.00. The number of halogens is 2. The van der Waals surface area contributed by atoms with Crippen LogP contribution in [0.25, 0.3) is 22.4 Å². The molecule has 0 amide bonds. The molecule has 0 bridgehead atoms. The molecule has 0 spiro atoms. The van der Waals surface area contributed by atoms with Crippen LogP contribution in [0.5, 0.6) is 5.75 Å². The first kappa shape index (κ1) is 22.4. The van der Waals surface area contributed by atoms with Crippen LogP contribution in [0, 0.1) is 23.0 Å². The number of hydrogen-bond acceptors (Lipinski definition) is 5. The Hall–Kier alpha value is -3.77. The van der Waals surface area contributed by atoms with Crippen molar-refractivity contribution in [1.29, 1.82) is 5.26 Å². The molecule has 1 fully saturated rings. The summed E-state index contributed by atoms with van der Waals surface area (Å²) in [5, 5.41) is 9.07. The van der Waals surface area contributed by atoms with Gasteiger partial charge in [0.2, 0.25) is 5.95 Å². The standard InChI is InChI=1S/C24H22F2N5O2/c1-30-23(32)21(14-5-6-20(33-2)19(26)11-14)22(15-3-4-16(13-27)18(25)12-15)29-24(30)31-9-7-17(28)8-10-31/h3-6,11-12,17,28H,7-10H2,1-2H3. The van der Waals surface area contributed by atoms with Crippen molar-refractivity contribution in [1.82, 2.24) is 15.3 Å². The van der Waals surface area contributed by atoms with Gasteiger partial charge in [-0.1, -0.05) is 12.1 Å². The highest BCUT2D eigenvalue weighted by molar-refractivity contribution is 5.81. The molecule has 0 aliphatic carbocycles. The Morgan fingerprint density at radius 2 is 1.79 bits per heavy atom. The number of anilines is 1.